The standard InChI is InChI=1S/C12H19N3O2/c1-3-10(8-16)15-11-6-5-9(7-14-11)12(17)13-4-2/h5-7,10,16H,3-4,8H2,1-2H3,(H,13,17)(H,14,15)/t10-/m0/s1. The van der Waals surface area contributed by atoms with E-state index in [9.17, 15) is 4.79 Å². The number of rotatable bonds is 6. The van der Waals surface area contributed by atoms with Gasteiger partial charge in [0.15, 0.2) is 0 Å². The zero-order chi connectivity index (χ0) is 12.7. The van der Waals surface area contributed by atoms with Gasteiger partial charge in [0, 0.05) is 12.7 Å². The number of hydrogen-bond donors (Lipinski definition) is 3. The summed E-state index contributed by atoms with van der Waals surface area (Å²) < 4.78 is 0. The zero-order valence-corrected chi connectivity index (χ0v) is 10.2. The number of aliphatic hydroxyl groups is 1. The van der Waals surface area contributed by atoms with E-state index in [2.05, 4.69) is 15.6 Å². The molecule has 1 aromatic heterocycles. The van der Waals surface area contributed by atoms with Crippen molar-refractivity contribution in [3.8, 4) is 0 Å². The lowest BCUT2D eigenvalue weighted by Gasteiger charge is -2.14. The molecule has 0 aliphatic carbocycles. The average Bonchev–Trinajstić information content (AvgIpc) is 2.37. The highest BCUT2D eigenvalue weighted by Gasteiger charge is 2.07. The highest BCUT2D eigenvalue weighted by atomic mass is 16.3. The first-order valence-corrected chi connectivity index (χ1v) is 5.82. The van der Waals surface area contributed by atoms with E-state index in [1.807, 2.05) is 13.8 Å². The molecule has 1 atom stereocenters. The summed E-state index contributed by atoms with van der Waals surface area (Å²) in [5.74, 6) is 0.541. The molecule has 0 aliphatic rings. The predicted octanol–water partition coefficient (Wildman–Crippen LogP) is 1.01. The lowest BCUT2D eigenvalue weighted by molar-refractivity contribution is 0.0955. The van der Waals surface area contributed by atoms with E-state index >= 15 is 0 Å². The molecule has 1 amide bonds. The van der Waals surface area contributed by atoms with Gasteiger partial charge in [-0.1, -0.05) is 6.92 Å². The maximum absolute atomic E-state index is 11.5. The summed E-state index contributed by atoms with van der Waals surface area (Å²) in [6.45, 7) is 4.52. The number of carbonyl (C=O) groups excluding carboxylic acids is 1. The van der Waals surface area contributed by atoms with Gasteiger partial charge < -0.3 is 15.7 Å². The van der Waals surface area contributed by atoms with Crippen LogP contribution in [0.2, 0.25) is 0 Å². The molecule has 0 aliphatic heterocycles. The maximum atomic E-state index is 11.5. The first-order chi connectivity index (χ1) is 8.21. The number of aliphatic hydroxyl groups excluding tert-OH is 1. The van der Waals surface area contributed by atoms with Crippen molar-refractivity contribution in [1.82, 2.24) is 10.3 Å². The summed E-state index contributed by atoms with van der Waals surface area (Å²) in [5.41, 5.74) is 0.537. The summed E-state index contributed by atoms with van der Waals surface area (Å²) in [6.07, 6.45) is 2.34. The number of amides is 1. The third-order valence-corrected chi connectivity index (χ3v) is 2.43. The van der Waals surface area contributed by atoms with Crippen LogP contribution in [0.25, 0.3) is 0 Å². The fraction of sp³-hybridized carbons (Fsp3) is 0.500. The van der Waals surface area contributed by atoms with E-state index in [-0.39, 0.29) is 18.6 Å². The van der Waals surface area contributed by atoms with Crippen molar-refractivity contribution in [2.45, 2.75) is 26.3 Å². The Labute approximate surface area is 101 Å². The Morgan fingerprint density at radius 3 is 2.71 bits per heavy atom. The molecule has 17 heavy (non-hydrogen) atoms. The van der Waals surface area contributed by atoms with Gasteiger partial charge in [-0.25, -0.2) is 4.98 Å². The second-order valence-corrected chi connectivity index (χ2v) is 3.72. The van der Waals surface area contributed by atoms with E-state index in [1.54, 1.807) is 12.1 Å². The molecule has 5 heteroatoms. The highest BCUT2D eigenvalue weighted by molar-refractivity contribution is 5.93. The molecule has 0 unspecified atom stereocenters. The molecule has 1 aromatic rings. The Kier molecular flexibility index (Phi) is 5.42. The van der Waals surface area contributed by atoms with E-state index in [4.69, 9.17) is 5.11 Å². The minimum atomic E-state index is -0.124. The quantitative estimate of drug-likeness (QED) is 0.690. The van der Waals surface area contributed by atoms with Crippen LogP contribution in [0.15, 0.2) is 18.3 Å². The monoisotopic (exact) mass is 237 g/mol. The molecule has 1 rings (SSSR count). The molecular weight excluding hydrogens is 218 g/mol. The summed E-state index contributed by atoms with van der Waals surface area (Å²) >= 11 is 0. The summed E-state index contributed by atoms with van der Waals surface area (Å²) in [7, 11) is 0. The third-order valence-electron chi connectivity index (χ3n) is 2.43. The molecule has 0 bridgehead atoms. The molecule has 0 fully saturated rings. The first kappa shape index (κ1) is 13.4. The van der Waals surface area contributed by atoms with Crippen molar-refractivity contribution in [3.63, 3.8) is 0 Å². The normalized spacial score (nSPS) is 11.9. The fourth-order valence-electron chi connectivity index (χ4n) is 1.36. The van der Waals surface area contributed by atoms with Crippen molar-refractivity contribution in [1.29, 1.82) is 0 Å². The van der Waals surface area contributed by atoms with E-state index in [0.29, 0.717) is 17.9 Å². The number of hydrogen-bond acceptors (Lipinski definition) is 4. The Hall–Kier alpha value is -1.62. The lowest BCUT2D eigenvalue weighted by Crippen LogP contribution is -2.24. The van der Waals surface area contributed by atoms with E-state index in [0.717, 1.165) is 6.42 Å². The van der Waals surface area contributed by atoms with Crippen molar-refractivity contribution in [2.75, 3.05) is 18.5 Å². The lowest BCUT2D eigenvalue weighted by atomic mass is 10.2. The Bertz CT molecular complexity index is 347. The summed E-state index contributed by atoms with van der Waals surface area (Å²) in [5, 5.41) is 14.8. The van der Waals surface area contributed by atoms with Gasteiger partial charge >= 0.3 is 0 Å². The largest absolute Gasteiger partial charge is 0.394 e. The highest BCUT2D eigenvalue weighted by Crippen LogP contribution is 2.07. The van der Waals surface area contributed by atoms with Crippen LogP contribution in [0.3, 0.4) is 0 Å². The van der Waals surface area contributed by atoms with Gasteiger partial charge in [0.2, 0.25) is 0 Å². The van der Waals surface area contributed by atoms with Crippen LogP contribution >= 0.6 is 0 Å². The summed E-state index contributed by atoms with van der Waals surface area (Å²) in [4.78, 5) is 15.6. The van der Waals surface area contributed by atoms with Gasteiger partial charge in [0.05, 0.1) is 18.2 Å². The fourth-order valence-corrected chi connectivity index (χ4v) is 1.36. The molecule has 0 saturated carbocycles. The molecule has 3 N–H and O–H groups in total. The summed E-state index contributed by atoms with van der Waals surface area (Å²) in [6, 6.07) is 3.45. The van der Waals surface area contributed by atoms with Crippen molar-refractivity contribution >= 4 is 11.7 Å². The van der Waals surface area contributed by atoms with Crippen LogP contribution in [0.4, 0.5) is 5.82 Å². The van der Waals surface area contributed by atoms with E-state index in [1.165, 1.54) is 6.20 Å². The minimum Gasteiger partial charge on any atom is -0.394 e. The van der Waals surface area contributed by atoms with Crippen LogP contribution in [0.5, 0.6) is 0 Å². The van der Waals surface area contributed by atoms with Crippen molar-refractivity contribution in [2.24, 2.45) is 0 Å². The van der Waals surface area contributed by atoms with E-state index < -0.39 is 0 Å². The molecule has 5 nitrogen and oxygen atoms in total. The molecule has 0 radical (unpaired) electrons. The second kappa shape index (κ2) is 6.85. The Balaban J connectivity index is 2.64. The third kappa shape index (κ3) is 4.03. The first-order valence-electron chi connectivity index (χ1n) is 5.82. The van der Waals surface area contributed by atoms with Crippen molar-refractivity contribution in [3.05, 3.63) is 23.9 Å². The predicted molar refractivity (Wildman–Crippen MR) is 67.0 cm³/mol. The van der Waals surface area contributed by atoms with Crippen molar-refractivity contribution < 1.29 is 9.90 Å². The average molecular weight is 237 g/mol. The van der Waals surface area contributed by atoms with Gasteiger partial charge in [-0.3, -0.25) is 4.79 Å². The van der Waals surface area contributed by atoms with Crippen LogP contribution in [-0.2, 0) is 0 Å². The maximum Gasteiger partial charge on any atom is 0.252 e. The Morgan fingerprint density at radius 2 is 2.24 bits per heavy atom. The van der Waals surface area contributed by atoms with Gasteiger partial charge in [-0.05, 0) is 25.5 Å². The zero-order valence-electron chi connectivity index (χ0n) is 10.2. The smallest absolute Gasteiger partial charge is 0.252 e. The van der Waals surface area contributed by atoms with Crippen LogP contribution in [-0.4, -0.2) is 35.2 Å². The number of pyridine rings is 1. The topological polar surface area (TPSA) is 74.2 Å². The van der Waals surface area contributed by atoms with Gasteiger partial charge in [-0.2, -0.15) is 0 Å². The molecule has 0 spiro atoms. The molecule has 0 aromatic carbocycles. The van der Waals surface area contributed by atoms with Gasteiger partial charge in [0.1, 0.15) is 5.82 Å². The molecular formula is C12H19N3O2. The number of anilines is 1. The molecule has 94 valence electrons. The van der Waals surface area contributed by atoms with Crippen LogP contribution in [0.1, 0.15) is 30.6 Å². The molecule has 1 heterocycles. The van der Waals surface area contributed by atoms with Crippen LogP contribution < -0.4 is 10.6 Å². The van der Waals surface area contributed by atoms with Gasteiger partial charge in [0.25, 0.3) is 5.91 Å². The number of nitrogens with one attached hydrogen (secondary N) is 2. The van der Waals surface area contributed by atoms with Crippen LogP contribution in [0, 0.1) is 0 Å². The number of carbonyl (C=O) groups is 1. The minimum absolute atomic E-state index is 0.00202. The number of nitrogens with zero attached hydrogens (tertiary/aromatic N) is 1. The van der Waals surface area contributed by atoms with Gasteiger partial charge in [-0.15, -0.1) is 0 Å². The Morgan fingerprint density at radius 1 is 1.47 bits per heavy atom. The second-order valence-electron chi connectivity index (χ2n) is 3.72. The SMILES string of the molecule is CCNC(=O)c1ccc(N[C@@H](CC)CO)nc1. The molecule has 0 saturated heterocycles. The number of aromatic nitrogens is 1.